The number of carbonyl (C=O) groups is 2. The lowest BCUT2D eigenvalue weighted by Crippen LogP contribution is -2.75. The van der Waals surface area contributed by atoms with E-state index in [4.69, 9.17) is 0 Å². The van der Waals surface area contributed by atoms with Crippen LogP contribution < -0.4 is 0 Å². The first kappa shape index (κ1) is 35.0. The lowest BCUT2D eigenvalue weighted by Gasteiger charge is -2.42. The summed E-state index contributed by atoms with van der Waals surface area (Å²) in [4.78, 5) is 25.0. The van der Waals surface area contributed by atoms with Gasteiger partial charge in [-0.25, -0.2) is 0 Å². The standard InChI is InChI=1S/C20H6F17NO5S/c21-13(22,15(25,26)17(29,30)19(33,34)35)14(23,24)16(27,28)18(31,32)20(36,37)44(41,42)43-38-11(39)8-5-1-3-7-4-2-6-9(10(7)8)12(38)40/h1-6H. The van der Waals surface area contributed by atoms with Crippen LogP contribution in [0.15, 0.2) is 36.4 Å². The fourth-order valence-electron chi connectivity index (χ4n) is 3.53. The summed E-state index contributed by atoms with van der Waals surface area (Å²) in [6, 6.07) is 5.93. The van der Waals surface area contributed by atoms with Gasteiger partial charge in [0.25, 0.3) is 11.8 Å². The molecule has 0 bridgehead atoms. The number of nitrogens with zero attached hydrogens (tertiary/aromatic N) is 1. The summed E-state index contributed by atoms with van der Waals surface area (Å²) in [5.41, 5.74) is -1.63. The molecular weight excluding hydrogens is 689 g/mol. The van der Waals surface area contributed by atoms with E-state index >= 15 is 0 Å². The van der Waals surface area contributed by atoms with Crippen LogP contribution in [0.3, 0.4) is 0 Å². The van der Waals surface area contributed by atoms with E-state index < -0.39 is 85.1 Å². The lowest BCUT2D eigenvalue weighted by molar-refractivity contribution is -0.458. The molecule has 1 aliphatic rings. The van der Waals surface area contributed by atoms with Crippen molar-refractivity contribution in [2.75, 3.05) is 0 Å². The van der Waals surface area contributed by atoms with Crippen LogP contribution in [-0.4, -0.2) is 72.3 Å². The van der Waals surface area contributed by atoms with Gasteiger partial charge in [-0.05, 0) is 17.5 Å². The molecule has 0 saturated carbocycles. The van der Waals surface area contributed by atoms with E-state index in [-0.39, 0.29) is 10.8 Å². The highest BCUT2D eigenvalue weighted by Gasteiger charge is 2.96. The summed E-state index contributed by atoms with van der Waals surface area (Å²) in [6.45, 7) is 0. The summed E-state index contributed by atoms with van der Waals surface area (Å²) in [7, 11) is -8.20. The van der Waals surface area contributed by atoms with Crippen LogP contribution in [0.25, 0.3) is 10.8 Å². The molecule has 0 spiro atoms. The predicted molar refractivity (Wildman–Crippen MR) is 105 cm³/mol. The zero-order chi connectivity index (χ0) is 34.5. The van der Waals surface area contributed by atoms with Crippen molar-refractivity contribution in [3.8, 4) is 0 Å². The smallest absolute Gasteiger partial charge is 0.266 e. The summed E-state index contributed by atoms with van der Waals surface area (Å²) in [6.07, 6.45) is -7.97. The SMILES string of the molecule is O=C1c2cccc3cccc(c23)C(=O)N1OS(=O)(=O)C(F)(F)C(F)(F)C(F)(F)C(F)(F)C(F)(F)C(F)(F)C(F)(F)C(F)(F)F. The Labute approximate surface area is 230 Å². The number of alkyl halides is 17. The Kier molecular flexibility index (Phi) is 7.59. The van der Waals surface area contributed by atoms with Crippen molar-refractivity contribution in [1.29, 1.82) is 0 Å². The van der Waals surface area contributed by atoms with Gasteiger partial charge in [0.2, 0.25) is 0 Å². The van der Waals surface area contributed by atoms with Crippen molar-refractivity contribution >= 4 is 32.7 Å². The number of rotatable bonds is 9. The van der Waals surface area contributed by atoms with Crippen molar-refractivity contribution in [2.24, 2.45) is 0 Å². The van der Waals surface area contributed by atoms with Crippen molar-refractivity contribution < 1.29 is 96.9 Å². The Morgan fingerprint density at radius 3 is 1.23 bits per heavy atom. The van der Waals surface area contributed by atoms with E-state index in [1.807, 2.05) is 0 Å². The van der Waals surface area contributed by atoms with E-state index in [9.17, 15) is 92.6 Å². The fraction of sp³-hybridized carbons (Fsp3) is 0.400. The monoisotopic (exact) mass is 695 g/mol. The normalized spacial score (nSPS) is 16.6. The Hall–Kier alpha value is -3.44. The summed E-state index contributed by atoms with van der Waals surface area (Å²) < 4.78 is 256. The van der Waals surface area contributed by atoms with Crippen LogP contribution in [0.5, 0.6) is 0 Å². The molecule has 0 aliphatic carbocycles. The Morgan fingerprint density at radius 2 is 0.864 bits per heavy atom. The first-order valence-corrected chi connectivity index (χ1v) is 11.9. The second kappa shape index (κ2) is 9.53. The van der Waals surface area contributed by atoms with Gasteiger partial charge in [0, 0.05) is 5.39 Å². The third-order valence-electron chi connectivity index (χ3n) is 5.91. The molecule has 44 heavy (non-hydrogen) atoms. The molecular formula is C20H6F17NO5S. The van der Waals surface area contributed by atoms with Gasteiger partial charge in [-0.1, -0.05) is 24.3 Å². The summed E-state index contributed by atoms with van der Waals surface area (Å²) in [5, 5.41) is -9.70. The minimum atomic E-state index is -9.05. The third-order valence-corrected chi connectivity index (χ3v) is 7.14. The molecule has 3 rings (SSSR count). The van der Waals surface area contributed by atoms with Crippen LogP contribution in [0.4, 0.5) is 74.6 Å². The third kappa shape index (κ3) is 4.22. The molecule has 6 nitrogen and oxygen atoms in total. The summed E-state index contributed by atoms with van der Waals surface area (Å²) >= 11 is 0. The molecule has 1 heterocycles. The predicted octanol–water partition coefficient (Wildman–Crippen LogP) is 6.66. The quantitative estimate of drug-likeness (QED) is 0.217. The second-order valence-electron chi connectivity index (χ2n) is 8.60. The Bertz CT molecular complexity index is 1580. The van der Waals surface area contributed by atoms with E-state index in [1.54, 1.807) is 0 Å². The number of halogens is 17. The van der Waals surface area contributed by atoms with E-state index in [0.29, 0.717) is 0 Å². The Balaban J connectivity index is 2.09. The van der Waals surface area contributed by atoms with E-state index in [0.717, 1.165) is 24.3 Å². The van der Waals surface area contributed by atoms with Gasteiger partial charge >= 0.3 is 57.1 Å². The average molecular weight is 695 g/mol. The largest absolute Gasteiger partial charge is 0.460 e. The van der Waals surface area contributed by atoms with Crippen LogP contribution in [-0.2, 0) is 14.4 Å². The first-order chi connectivity index (χ1) is 19.4. The molecule has 0 fully saturated rings. The number of benzene rings is 2. The van der Waals surface area contributed by atoms with Gasteiger partial charge in [0.05, 0.1) is 11.1 Å². The molecule has 2 aromatic carbocycles. The number of hydrogen-bond donors (Lipinski definition) is 0. The van der Waals surface area contributed by atoms with Gasteiger partial charge < -0.3 is 0 Å². The molecule has 0 aromatic heterocycles. The van der Waals surface area contributed by atoms with Crippen LogP contribution in [0, 0.1) is 0 Å². The number of imide groups is 1. The highest BCUT2D eigenvalue weighted by molar-refractivity contribution is 7.87. The maximum Gasteiger partial charge on any atom is 0.460 e. The second-order valence-corrected chi connectivity index (χ2v) is 10.2. The molecule has 246 valence electrons. The molecule has 0 saturated heterocycles. The molecule has 0 unspecified atom stereocenters. The molecule has 2 amide bonds. The number of hydroxylamine groups is 2. The zero-order valence-corrected chi connectivity index (χ0v) is 20.6. The van der Waals surface area contributed by atoms with E-state index in [1.165, 1.54) is 12.1 Å². The van der Waals surface area contributed by atoms with E-state index in [2.05, 4.69) is 4.28 Å². The first-order valence-electron chi connectivity index (χ1n) is 10.4. The highest BCUT2D eigenvalue weighted by atomic mass is 32.2. The maximum absolute atomic E-state index is 14.4. The lowest BCUT2D eigenvalue weighted by atomic mass is 9.91. The molecule has 24 heteroatoms. The summed E-state index contributed by atoms with van der Waals surface area (Å²) in [5.74, 6) is -57.1. The molecule has 1 aliphatic heterocycles. The van der Waals surface area contributed by atoms with Gasteiger partial charge in [-0.3, -0.25) is 9.59 Å². The molecule has 0 atom stereocenters. The number of hydrogen-bond acceptors (Lipinski definition) is 5. The molecule has 0 radical (unpaired) electrons. The van der Waals surface area contributed by atoms with Crippen molar-refractivity contribution in [1.82, 2.24) is 5.06 Å². The minimum Gasteiger partial charge on any atom is -0.266 e. The fourth-order valence-corrected chi connectivity index (χ4v) is 4.39. The zero-order valence-electron chi connectivity index (χ0n) is 19.8. The van der Waals surface area contributed by atoms with Crippen molar-refractivity contribution in [2.45, 2.75) is 47.0 Å². The number of carbonyl (C=O) groups excluding carboxylic acids is 2. The number of amides is 2. The van der Waals surface area contributed by atoms with Crippen molar-refractivity contribution in [3.05, 3.63) is 47.5 Å². The van der Waals surface area contributed by atoms with Crippen LogP contribution in [0.2, 0.25) is 0 Å². The topological polar surface area (TPSA) is 80.8 Å². The van der Waals surface area contributed by atoms with Crippen LogP contribution in [0.1, 0.15) is 20.7 Å². The van der Waals surface area contributed by atoms with Gasteiger partial charge in [0.1, 0.15) is 0 Å². The molecule has 2 aromatic rings. The van der Waals surface area contributed by atoms with Crippen molar-refractivity contribution in [3.63, 3.8) is 0 Å². The maximum atomic E-state index is 14.4. The Morgan fingerprint density at radius 1 is 0.523 bits per heavy atom. The highest BCUT2D eigenvalue weighted by Crippen LogP contribution is 2.64. The minimum absolute atomic E-state index is 0.0248. The van der Waals surface area contributed by atoms with Crippen LogP contribution >= 0.6 is 0 Å². The van der Waals surface area contributed by atoms with Gasteiger partial charge in [-0.2, -0.15) is 83.1 Å². The average Bonchev–Trinajstić information content (AvgIpc) is 2.88. The van der Waals surface area contributed by atoms with Gasteiger partial charge in [0.15, 0.2) is 0 Å². The molecule has 0 N–H and O–H groups in total. The van der Waals surface area contributed by atoms with Gasteiger partial charge in [-0.15, -0.1) is 9.35 Å².